The van der Waals surface area contributed by atoms with Crippen molar-refractivity contribution in [3.05, 3.63) is 86.7 Å². The molecule has 4 heterocycles. The van der Waals surface area contributed by atoms with Gasteiger partial charge in [0.1, 0.15) is 34.5 Å². The maximum absolute atomic E-state index is 13.9. The molecule has 3 N–H and O–H groups in total. The molecule has 0 unspecified atom stereocenters. The molecule has 0 amide bonds. The fourth-order valence-corrected chi connectivity index (χ4v) is 3.53. The summed E-state index contributed by atoms with van der Waals surface area (Å²) < 4.78 is 35.3. The predicted octanol–water partition coefficient (Wildman–Crippen LogP) is 2.74. The number of hydrogen-bond donors (Lipinski definition) is 1. The number of aromatic nitrogens is 6. The molecular weight excluding hydrogens is 498 g/mol. The Hall–Kier alpha value is -3.74. The van der Waals surface area contributed by atoms with E-state index in [4.69, 9.17) is 16.3 Å². The number of hydrogen-bond acceptors (Lipinski definition) is 7. The minimum Gasteiger partial charge on any atom is -0.485 e. The molecule has 0 spiro atoms. The zero-order valence-corrected chi connectivity index (χ0v) is 20.5. The predicted molar refractivity (Wildman–Crippen MR) is 127 cm³/mol. The Bertz CT molecular complexity index is 1480. The molecule has 0 saturated heterocycles. The van der Waals surface area contributed by atoms with Gasteiger partial charge in [0.05, 0.1) is 23.8 Å². The second kappa shape index (κ2) is 10.1. The van der Waals surface area contributed by atoms with Gasteiger partial charge in [-0.25, -0.2) is 23.4 Å². The largest absolute Gasteiger partial charge is 0.485 e. The SMILES string of the molecule is Cc1nn(-c2ccnc(C(C)(C)O)n2)cc1-n1c(C)cc(OCc2ncc(F)cc2F)c(Cl)c1=O.O. The number of nitrogens with zero attached hydrogens (tertiary/aromatic N) is 6. The second-order valence-corrected chi connectivity index (χ2v) is 8.69. The van der Waals surface area contributed by atoms with Crippen molar-refractivity contribution in [1.29, 1.82) is 0 Å². The van der Waals surface area contributed by atoms with E-state index in [-0.39, 0.29) is 34.4 Å². The summed E-state index contributed by atoms with van der Waals surface area (Å²) in [6.45, 7) is 6.19. The van der Waals surface area contributed by atoms with Gasteiger partial charge in [-0.05, 0) is 27.7 Å². The lowest BCUT2D eigenvalue weighted by molar-refractivity contribution is 0.0686. The van der Waals surface area contributed by atoms with Crippen LogP contribution in [0.25, 0.3) is 11.5 Å². The van der Waals surface area contributed by atoms with Gasteiger partial charge in [-0.15, -0.1) is 0 Å². The molecule has 36 heavy (non-hydrogen) atoms. The molecule has 4 rings (SSSR count). The van der Waals surface area contributed by atoms with Crippen molar-refractivity contribution in [2.45, 2.75) is 39.9 Å². The van der Waals surface area contributed by atoms with Gasteiger partial charge in [0.15, 0.2) is 17.5 Å². The maximum Gasteiger partial charge on any atom is 0.278 e. The molecule has 4 aromatic heterocycles. The summed E-state index contributed by atoms with van der Waals surface area (Å²) in [6, 6.07) is 3.84. The van der Waals surface area contributed by atoms with E-state index in [9.17, 15) is 18.7 Å². The molecule has 10 nitrogen and oxygen atoms in total. The van der Waals surface area contributed by atoms with Crippen LogP contribution in [0.15, 0.2) is 41.6 Å². The minimum absolute atomic E-state index is 0. The standard InChI is InChI=1S/C23H21ClF2N6O3.H2O/c1-12-7-18(35-11-16-15(26)8-14(25)9-28-16)20(24)21(33)32(12)17-10-31(30-13(17)2)19-5-6-27-22(29-19)23(3,4)34;/h5-10,34H,11H2,1-4H3;1H2. The smallest absolute Gasteiger partial charge is 0.278 e. The van der Waals surface area contributed by atoms with E-state index in [1.807, 2.05) is 0 Å². The van der Waals surface area contributed by atoms with Gasteiger partial charge in [0, 0.05) is 30.1 Å². The Morgan fingerprint density at radius 2 is 1.92 bits per heavy atom. The van der Waals surface area contributed by atoms with Crippen molar-refractivity contribution in [1.82, 2.24) is 29.3 Å². The highest BCUT2D eigenvalue weighted by atomic mass is 35.5. The number of aliphatic hydroxyl groups is 1. The molecule has 0 atom stereocenters. The minimum atomic E-state index is -1.25. The van der Waals surface area contributed by atoms with Crippen LogP contribution in [0.4, 0.5) is 8.78 Å². The van der Waals surface area contributed by atoms with E-state index in [0.29, 0.717) is 29.0 Å². The van der Waals surface area contributed by atoms with Crippen LogP contribution in [-0.2, 0) is 12.2 Å². The van der Waals surface area contributed by atoms with Crippen molar-refractivity contribution >= 4 is 11.6 Å². The van der Waals surface area contributed by atoms with Crippen LogP contribution < -0.4 is 10.3 Å². The lowest BCUT2D eigenvalue weighted by Gasteiger charge is -2.15. The van der Waals surface area contributed by atoms with Crippen LogP contribution in [0.2, 0.25) is 5.02 Å². The van der Waals surface area contributed by atoms with E-state index in [0.717, 1.165) is 6.20 Å². The number of ether oxygens (including phenoxy) is 1. The number of rotatable bonds is 6. The Labute approximate surface area is 209 Å². The topological polar surface area (TPSA) is 139 Å². The number of aryl methyl sites for hydroxylation is 2. The Morgan fingerprint density at radius 1 is 1.19 bits per heavy atom. The van der Waals surface area contributed by atoms with Crippen molar-refractivity contribution < 1.29 is 24.1 Å². The van der Waals surface area contributed by atoms with E-state index >= 15 is 0 Å². The monoisotopic (exact) mass is 520 g/mol. The Morgan fingerprint density at radius 3 is 2.58 bits per heavy atom. The van der Waals surface area contributed by atoms with Crippen LogP contribution in [0.1, 0.15) is 36.8 Å². The lowest BCUT2D eigenvalue weighted by Crippen LogP contribution is -2.22. The highest BCUT2D eigenvalue weighted by Crippen LogP contribution is 2.26. The average molecular weight is 521 g/mol. The summed E-state index contributed by atoms with van der Waals surface area (Å²) in [4.78, 5) is 25.2. The average Bonchev–Trinajstić information content (AvgIpc) is 3.17. The molecule has 0 aliphatic carbocycles. The Kier molecular flexibility index (Phi) is 7.53. The fourth-order valence-electron chi connectivity index (χ4n) is 3.34. The number of halogens is 3. The molecule has 13 heteroatoms. The normalized spacial score (nSPS) is 11.3. The summed E-state index contributed by atoms with van der Waals surface area (Å²) in [5.41, 5.74) is -0.501. The van der Waals surface area contributed by atoms with Gasteiger partial charge in [0.2, 0.25) is 0 Å². The summed E-state index contributed by atoms with van der Waals surface area (Å²) in [7, 11) is 0. The van der Waals surface area contributed by atoms with Crippen LogP contribution in [0, 0.1) is 25.5 Å². The second-order valence-electron chi connectivity index (χ2n) is 8.32. The molecule has 0 fully saturated rings. The summed E-state index contributed by atoms with van der Waals surface area (Å²) in [6.07, 6.45) is 3.98. The highest BCUT2D eigenvalue weighted by Gasteiger charge is 2.22. The third-order valence-corrected chi connectivity index (χ3v) is 5.43. The molecule has 190 valence electrons. The van der Waals surface area contributed by atoms with Crippen molar-refractivity contribution in [2.24, 2.45) is 0 Å². The fraction of sp³-hybridized carbons (Fsp3) is 0.261. The van der Waals surface area contributed by atoms with Crippen molar-refractivity contribution in [3.8, 4) is 17.3 Å². The van der Waals surface area contributed by atoms with E-state index < -0.39 is 22.8 Å². The molecule has 0 aliphatic rings. The Balaban J connectivity index is 0.00000361. The van der Waals surface area contributed by atoms with Gasteiger partial charge in [0.25, 0.3) is 5.56 Å². The lowest BCUT2D eigenvalue weighted by atomic mass is 10.1. The maximum atomic E-state index is 13.9. The molecule has 0 aromatic carbocycles. The molecular formula is C23H23ClF2N6O4. The zero-order chi connectivity index (χ0) is 25.5. The van der Waals surface area contributed by atoms with Gasteiger partial charge < -0.3 is 15.3 Å². The van der Waals surface area contributed by atoms with Crippen LogP contribution in [-0.4, -0.2) is 39.9 Å². The molecule has 0 saturated carbocycles. The number of pyridine rings is 2. The first-order valence-corrected chi connectivity index (χ1v) is 10.8. The first-order valence-electron chi connectivity index (χ1n) is 10.4. The quantitative estimate of drug-likeness (QED) is 0.412. The third kappa shape index (κ3) is 5.25. The summed E-state index contributed by atoms with van der Waals surface area (Å²) >= 11 is 6.29. The van der Waals surface area contributed by atoms with Crippen LogP contribution in [0.5, 0.6) is 5.75 Å². The molecule has 0 bridgehead atoms. The highest BCUT2D eigenvalue weighted by molar-refractivity contribution is 6.31. The van der Waals surface area contributed by atoms with Gasteiger partial charge in [-0.3, -0.25) is 14.3 Å². The van der Waals surface area contributed by atoms with E-state index in [2.05, 4.69) is 20.1 Å². The third-order valence-electron chi connectivity index (χ3n) is 5.08. The molecule has 4 aromatic rings. The van der Waals surface area contributed by atoms with E-state index in [1.165, 1.54) is 21.5 Å². The first-order chi connectivity index (χ1) is 16.5. The van der Waals surface area contributed by atoms with Crippen molar-refractivity contribution in [3.63, 3.8) is 0 Å². The summed E-state index contributed by atoms with van der Waals surface area (Å²) in [5, 5.41) is 14.4. The van der Waals surface area contributed by atoms with E-state index in [1.54, 1.807) is 40.0 Å². The zero-order valence-electron chi connectivity index (χ0n) is 19.8. The first kappa shape index (κ1) is 26.9. The van der Waals surface area contributed by atoms with Crippen LogP contribution in [0.3, 0.4) is 0 Å². The molecule has 0 radical (unpaired) electrons. The van der Waals surface area contributed by atoms with Crippen molar-refractivity contribution in [2.75, 3.05) is 0 Å². The van der Waals surface area contributed by atoms with Gasteiger partial charge in [-0.2, -0.15) is 5.10 Å². The van der Waals surface area contributed by atoms with Gasteiger partial charge in [-0.1, -0.05) is 11.6 Å². The molecule has 0 aliphatic heterocycles. The summed E-state index contributed by atoms with van der Waals surface area (Å²) in [5.74, 6) is -1.03. The van der Waals surface area contributed by atoms with Crippen LogP contribution >= 0.6 is 11.6 Å². The van der Waals surface area contributed by atoms with Gasteiger partial charge >= 0.3 is 0 Å².